The topological polar surface area (TPSA) is 67.3 Å². The van der Waals surface area contributed by atoms with Gasteiger partial charge in [0.05, 0.1) is 16.9 Å². The van der Waals surface area contributed by atoms with Crippen molar-refractivity contribution in [3.63, 3.8) is 0 Å². The summed E-state index contributed by atoms with van der Waals surface area (Å²) in [6.45, 7) is 0. The minimum Gasteiger partial charge on any atom is -0.258 e. The molecular weight excluding hydrogens is 288 g/mol. The maximum Gasteiger partial charge on any atom is 0.460 e. The lowest BCUT2D eigenvalue weighted by Gasteiger charge is -2.10. The number of fused-ring (bicyclic) bond motifs is 1. The monoisotopic (exact) mass is 303 g/mol. The van der Waals surface area contributed by atoms with Gasteiger partial charge in [-0.05, 0) is 37.7 Å². The summed E-state index contributed by atoms with van der Waals surface area (Å²) in [7, 11) is 0. The molecule has 0 saturated heterocycles. The van der Waals surface area contributed by atoms with Crippen molar-refractivity contribution < 1.29 is 9.34 Å². The number of thioether (sulfide) groups is 1. The fourth-order valence-electron chi connectivity index (χ4n) is 2.53. The molecule has 0 unspecified atom stereocenters. The lowest BCUT2D eigenvalue weighted by atomic mass is 9.98. The van der Waals surface area contributed by atoms with Gasteiger partial charge in [0.15, 0.2) is 0 Å². The number of rotatable bonds is 3. The highest BCUT2D eigenvalue weighted by Gasteiger charge is 2.28. The molecular formula is C15H15N2O3S+. The van der Waals surface area contributed by atoms with Gasteiger partial charge in [0.1, 0.15) is 10.6 Å². The standard InChI is InChI=1S/C15H15N2O3S/c1-21-15-12-4-2-3-5-13(12)20-14(16-15)10-6-8-11(9-7-10)17(18)19/h6-9H,2-5H2,1H3/q+1. The number of nitro benzene ring substituents is 1. The van der Waals surface area contributed by atoms with Crippen LogP contribution in [0.15, 0.2) is 33.7 Å². The molecule has 0 radical (unpaired) electrons. The predicted octanol–water partition coefficient (Wildman–Crippen LogP) is 4.13. The Morgan fingerprint density at radius 1 is 1.24 bits per heavy atom. The third-order valence-electron chi connectivity index (χ3n) is 3.62. The first-order valence-corrected chi connectivity index (χ1v) is 8.06. The highest BCUT2D eigenvalue weighted by Crippen LogP contribution is 2.32. The average Bonchev–Trinajstić information content (AvgIpc) is 2.53. The minimum atomic E-state index is -0.408. The van der Waals surface area contributed by atoms with Crippen LogP contribution in [0.25, 0.3) is 11.5 Å². The van der Waals surface area contributed by atoms with E-state index in [0.717, 1.165) is 35.6 Å². The Bertz CT molecular complexity index is 669. The van der Waals surface area contributed by atoms with Gasteiger partial charge in [-0.2, -0.15) is 4.42 Å². The zero-order valence-electron chi connectivity index (χ0n) is 11.7. The average molecular weight is 303 g/mol. The Hall–Kier alpha value is -1.95. The first-order chi connectivity index (χ1) is 10.2. The van der Waals surface area contributed by atoms with Gasteiger partial charge in [0, 0.05) is 12.1 Å². The summed E-state index contributed by atoms with van der Waals surface area (Å²) < 4.78 is 5.93. The molecule has 6 heteroatoms. The number of nitro groups is 1. The molecule has 2 aromatic rings. The van der Waals surface area contributed by atoms with E-state index in [0.29, 0.717) is 5.89 Å². The van der Waals surface area contributed by atoms with Crippen LogP contribution in [0.5, 0.6) is 0 Å². The minimum absolute atomic E-state index is 0.0711. The first-order valence-electron chi connectivity index (χ1n) is 6.84. The van der Waals surface area contributed by atoms with Crippen molar-refractivity contribution in [2.75, 3.05) is 6.26 Å². The van der Waals surface area contributed by atoms with Gasteiger partial charge in [-0.3, -0.25) is 10.1 Å². The van der Waals surface area contributed by atoms with Crippen LogP contribution in [0.2, 0.25) is 0 Å². The smallest absolute Gasteiger partial charge is 0.258 e. The summed E-state index contributed by atoms with van der Waals surface area (Å²) in [5.41, 5.74) is 2.06. The molecule has 3 rings (SSSR count). The Balaban J connectivity index is 2.03. The van der Waals surface area contributed by atoms with Crippen molar-refractivity contribution in [3.8, 4) is 11.5 Å². The van der Waals surface area contributed by atoms with Crippen molar-refractivity contribution in [1.29, 1.82) is 0 Å². The fourth-order valence-corrected chi connectivity index (χ4v) is 3.17. The van der Waals surface area contributed by atoms with E-state index in [2.05, 4.69) is 4.98 Å². The van der Waals surface area contributed by atoms with E-state index in [1.807, 2.05) is 6.26 Å². The van der Waals surface area contributed by atoms with Crippen LogP contribution in [0.1, 0.15) is 24.2 Å². The number of aromatic nitrogens is 1. The second-order valence-electron chi connectivity index (χ2n) is 4.94. The SMILES string of the molecule is CSc1nc(-c2ccc([N+](=O)[O-])cc2)[o+]c2c1CCCC2. The summed E-state index contributed by atoms with van der Waals surface area (Å²) in [5, 5.41) is 11.7. The molecule has 1 aromatic carbocycles. The first kappa shape index (κ1) is 14.0. The molecule has 0 atom stereocenters. The van der Waals surface area contributed by atoms with E-state index in [1.54, 1.807) is 23.9 Å². The van der Waals surface area contributed by atoms with Crippen molar-refractivity contribution >= 4 is 17.4 Å². The second-order valence-corrected chi connectivity index (χ2v) is 5.74. The Kier molecular flexibility index (Phi) is 3.88. The molecule has 1 heterocycles. The summed E-state index contributed by atoms with van der Waals surface area (Å²) in [6, 6.07) is 6.32. The van der Waals surface area contributed by atoms with E-state index in [-0.39, 0.29) is 5.69 Å². The number of non-ortho nitro benzene ring substituents is 1. The zero-order valence-corrected chi connectivity index (χ0v) is 12.5. The number of aryl methyl sites for hydroxylation is 1. The molecule has 0 spiro atoms. The van der Waals surface area contributed by atoms with Gasteiger partial charge in [0.25, 0.3) is 5.69 Å². The van der Waals surface area contributed by atoms with Crippen LogP contribution in [-0.4, -0.2) is 16.2 Å². The normalized spacial score (nSPS) is 13.8. The molecule has 0 saturated carbocycles. The summed E-state index contributed by atoms with van der Waals surface area (Å²) in [5.74, 6) is 1.55. The van der Waals surface area contributed by atoms with E-state index >= 15 is 0 Å². The van der Waals surface area contributed by atoms with E-state index in [9.17, 15) is 10.1 Å². The second kappa shape index (κ2) is 5.81. The Labute approximate surface area is 126 Å². The Morgan fingerprint density at radius 3 is 2.62 bits per heavy atom. The predicted molar refractivity (Wildman–Crippen MR) is 81.4 cm³/mol. The highest BCUT2D eigenvalue weighted by atomic mass is 32.2. The summed E-state index contributed by atoms with van der Waals surface area (Å²) in [4.78, 5) is 14.9. The Morgan fingerprint density at radius 2 is 1.95 bits per heavy atom. The van der Waals surface area contributed by atoms with Crippen LogP contribution in [0.4, 0.5) is 5.69 Å². The molecule has 1 aliphatic carbocycles. The van der Waals surface area contributed by atoms with Gasteiger partial charge < -0.3 is 0 Å². The molecule has 0 amide bonds. The molecule has 5 nitrogen and oxygen atoms in total. The number of hydrogen-bond acceptors (Lipinski definition) is 4. The fraction of sp³-hybridized carbons (Fsp3) is 0.333. The quantitative estimate of drug-likeness (QED) is 0.369. The van der Waals surface area contributed by atoms with Gasteiger partial charge in [-0.15, -0.1) is 16.7 Å². The van der Waals surface area contributed by atoms with Crippen molar-refractivity contribution in [3.05, 3.63) is 45.7 Å². The van der Waals surface area contributed by atoms with Crippen molar-refractivity contribution in [2.45, 2.75) is 30.7 Å². The third kappa shape index (κ3) is 2.76. The van der Waals surface area contributed by atoms with Crippen molar-refractivity contribution in [1.82, 2.24) is 4.98 Å². The molecule has 0 N–H and O–H groups in total. The van der Waals surface area contributed by atoms with E-state index in [1.165, 1.54) is 24.1 Å². The van der Waals surface area contributed by atoms with Gasteiger partial charge in [-0.1, -0.05) is 0 Å². The third-order valence-corrected chi connectivity index (χ3v) is 4.34. The van der Waals surface area contributed by atoms with Crippen LogP contribution in [-0.2, 0) is 12.8 Å². The lowest BCUT2D eigenvalue weighted by Crippen LogP contribution is -2.06. The maximum atomic E-state index is 10.7. The number of hydrogen-bond donors (Lipinski definition) is 0. The van der Waals surface area contributed by atoms with Gasteiger partial charge in [-0.25, -0.2) is 0 Å². The maximum absolute atomic E-state index is 10.7. The lowest BCUT2D eigenvalue weighted by molar-refractivity contribution is -0.384. The summed E-state index contributed by atoms with van der Waals surface area (Å²) >= 11 is 1.62. The molecule has 0 aliphatic heterocycles. The molecule has 0 bridgehead atoms. The van der Waals surface area contributed by atoms with Crippen LogP contribution >= 0.6 is 11.8 Å². The molecule has 108 valence electrons. The van der Waals surface area contributed by atoms with E-state index in [4.69, 9.17) is 4.42 Å². The van der Waals surface area contributed by atoms with Gasteiger partial charge in [0.2, 0.25) is 0 Å². The number of nitrogens with zero attached hydrogens (tertiary/aromatic N) is 2. The molecule has 1 aromatic heterocycles. The molecule has 0 fully saturated rings. The van der Waals surface area contributed by atoms with Crippen LogP contribution in [0.3, 0.4) is 0 Å². The number of benzene rings is 1. The molecule has 1 aliphatic rings. The summed E-state index contributed by atoms with van der Waals surface area (Å²) in [6.07, 6.45) is 6.27. The van der Waals surface area contributed by atoms with Gasteiger partial charge >= 0.3 is 11.7 Å². The molecule has 21 heavy (non-hydrogen) atoms. The van der Waals surface area contributed by atoms with Crippen molar-refractivity contribution in [2.24, 2.45) is 0 Å². The van der Waals surface area contributed by atoms with Crippen LogP contribution in [0, 0.1) is 10.1 Å². The van der Waals surface area contributed by atoms with E-state index < -0.39 is 4.92 Å². The largest absolute Gasteiger partial charge is 0.460 e. The highest BCUT2D eigenvalue weighted by molar-refractivity contribution is 7.98. The van der Waals surface area contributed by atoms with Crippen LogP contribution < -0.4 is 0 Å². The zero-order chi connectivity index (χ0) is 14.8.